The number of aliphatic hydroxyl groups is 1. The average Bonchev–Trinajstić information content (AvgIpc) is 3.40. The largest absolute Gasteiger partial charge is 0.466 e. The molecule has 4 rings (SSSR count). The maximum atomic E-state index is 13.5. The van der Waals surface area contributed by atoms with E-state index >= 15 is 0 Å². The molecule has 12 heteroatoms. The summed E-state index contributed by atoms with van der Waals surface area (Å²) in [7, 11) is 1.27. The van der Waals surface area contributed by atoms with Gasteiger partial charge in [-0.25, -0.2) is 9.59 Å². The van der Waals surface area contributed by atoms with E-state index < -0.39 is 48.6 Å². The molecule has 0 aromatic heterocycles. The Labute approximate surface area is 281 Å². The number of nitrogens with one attached hydrogen (secondary N) is 3. The van der Waals surface area contributed by atoms with Crippen LogP contribution in [0.15, 0.2) is 60.2 Å². The second-order valence-corrected chi connectivity index (χ2v) is 12.9. The molecule has 2 aromatic rings. The number of carbonyl (C=O) groups is 5. The number of benzene rings is 2. The number of esters is 1. The van der Waals surface area contributed by atoms with Gasteiger partial charge in [-0.3, -0.25) is 14.4 Å². The lowest BCUT2D eigenvalue weighted by atomic mass is 9.98. The second kappa shape index (κ2) is 16.4. The highest BCUT2D eigenvalue weighted by molar-refractivity contribution is 5.95. The molecular formula is C36H46N4O8. The summed E-state index contributed by atoms with van der Waals surface area (Å²) >= 11 is 0. The summed E-state index contributed by atoms with van der Waals surface area (Å²) in [6, 6.07) is 12.5. The van der Waals surface area contributed by atoms with Gasteiger partial charge in [-0.15, -0.1) is 0 Å². The molecule has 0 bridgehead atoms. The van der Waals surface area contributed by atoms with Gasteiger partial charge < -0.3 is 35.4 Å². The van der Waals surface area contributed by atoms with Crippen LogP contribution in [-0.4, -0.2) is 91.3 Å². The topological polar surface area (TPSA) is 163 Å². The number of hydrogen-bond acceptors (Lipinski definition) is 8. The van der Waals surface area contributed by atoms with Crippen molar-refractivity contribution in [2.75, 3.05) is 33.4 Å². The molecule has 1 aliphatic carbocycles. The van der Waals surface area contributed by atoms with Crippen molar-refractivity contribution in [3.05, 3.63) is 71.3 Å². The van der Waals surface area contributed by atoms with E-state index in [-0.39, 0.29) is 36.8 Å². The van der Waals surface area contributed by atoms with Crippen LogP contribution in [0.4, 0.5) is 4.79 Å². The maximum absolute atomic E-state index is 13.5. The summed E-state index contributed by atoms with van der Waals surface area (Å²) in [6.07, 6.45) is 1.69. The van der Waals surface area contributed by atoms with E-state index in [0.29, 0.717) is 25.0 Å². The van der Waals surface area contributed by atoms with Gasteiger partial charge in [0.05, 0.1) is 25.8 Å². The molecule has 0 saturated heterocycles. The van der Waals surface area contributed by atoms with Crippen LogP contribution in [0.25, 0.3) is 11.1 Å². The van der Waals surface area contributed by atoms with Gasteiger partial charge in [0.1, 0.15) is 24.7 Å². The van der Waals surface area contributed by atoms with Crippen LogP contribution < -0.4 is 16.0 Å². The first kappa shape index (κ1) is 36.1. The van der Waals surface area contributed by atoms with Crippen LogP contribution in [0.5, 0.6) is 0 Å². The molecule has 12 nitrogen and oxygen atoms in total. The summed E-state index contributed by atoms with van der Waals surface area (Å²) in [5.41, 5.74) is 4.64. The molecule has 1 heterocycles. The number of carbonyl (C=O) groups excluding carboxylic acids is 5. The van der Waals surface area contributed by atoms with Gasteiger partial charge in [-0.2, -0.15) is 0 Å². The number of aliphatic hydroxyl groups excluding tert-OH is 1. The van der Waals surface area contributed by atoms with Gasteiger partial charge in [0, 0.05) is 12.5 Å². The first-order chi connectivity index (χ1) is 22.9. The van der Waals surface area contributed by atoms with Gasteiger partial charge in [-0.05, 0) is 46.9 Å². The molecule has 1 aliphatic heterocycles. The maximum Gasteiger partial charge on any atom is 0.407 e. The second-order valence-electron chi connectivity index (χ2n) is 12.9. The molecule has 0 radical (unpaired) electrons. The van der Waals surface area contributed by atoms with Gasteiger partial charge in [0.15, 0.2) is 0 Å². The lowest BCUT2D eigenvalue weighted by molar-refractivity contribution is -0.139. The molecule has 0 unspecified atom stereocenters. The molecule has 2 aliphatic rings. The Kier molecular flexibility index (Phi) is 12.4. The van der Waals surface area contributed by atoms with Crippen LogP contribution >= 0.6 is 0 Å². The fourth-order valence-electron chi connectivity index (χ4n) is 6.15. The summed E-state index contributed by atoms with van der Waals surface area (Å²) in [6.45, 7) is 6.99. The Balaban J connectivity index is 1.37. The van der Waals surface area contributed by atoms with Crippen LogP contribution in [0.1, 0.15) is 57.6 Å². The van der Waals surface area contributed by atoms with Crippen molar-refractivity contribution >= 4 is 29.8 Å². The first-order valence-electron chi connectivity index (χ1n) is 16.3. The lowest BCUT2D eigenvalue weighted by Gasteiger charge is -2.32. The SMILES string of the molecule is COC(=O)C1=CCCN(C(=O)[C@H](CC(C)C)NC(=O)[C@H](CO)NC(=O)[C@@H](NC(=O)OCC2c3ccccc3-c3ccccc32)C(C)C)C1. The number of amides is 4. The van der Waals surface area contributed by atoms with Crippen molar-refractivity contribution in [2.45, 2.75) is 64.6 Å². The fraction of sp³-hybridized carbons (Fsp3) is 0.472. The number of nitrogens with zero attached hydrogens (tertiary/aromatic N) is 1. The third kappa shape index (κ3) is 8.60. The first-order valence-corrected chi connectivity index (χ1v) is 16.3. The highest BCUT2D eigenvalue weighted by Gasteiger charge is 2.34. The van der Waals surface area contributed by atoms with Crippen molar-refractivity contribution in [1.82, 2.24) is 20.9 Å². The number of alkyl carbamates (subject to hydrolysis) is 1. The predicted octanol–water partition coefficient (Wildman–Crippen LogP) is 2.89. The summed E-state index contributed by atoms with van der Waals surface area (Å²) in [5, 5.41) is 17.9. The minimum atomic E-state index is -1.39. The average molecular weight is 663 g/mol. The minimum absolute atomic E-state index is 0.0218. The minimum Gasteiger partial charge on any atom is -0.466 e. The van der Waals surface area contributed by atoms with Gasteiger partial charge >= 0.3 is 12.1 Å². The molecule has 258 valence electrons. The van der Waals surface area contributed by atoms with Crippen LogP contribution in [-0.2, 0) is 28.7 Å². The third-order valence-electron chi connectivity index (χ3n) is 8.61. The van der Waals surface area contributed by atoms with Crippen molar-refractivity contribution in [2.24, 2.45) is 11.8 Å². The van der Waals surface area contributed by atoms with Gasteiger partial charge in [-0.1, -0.05) is 82.3 Å². The Morgan fingerprint density at radius 3 is 2.04 bits per heavy atom. The molecule has 0 saturated carbocycles. The van der Waals surface area contributed by atoms with E-state index in [2.05, 4.69) is 16.0 Å². The zero-order valence-corrected chi connectivity index (χ0v) is 28.2. The molecule has 0 fully saturated rings. The highest BCUT2D eigenvalue weighted by atomic mass is 16.5. The Hall–Kier alpha value is -4.71. The lowest BCUT2D eigenvalue weighted by Crippen LogP contribution is -2.59. The monoisotopic (exact) mass is 662 g/mol. The van der Waals surface area contributed by atoms with Crippen molar-refractivity contribution in [1.29, 1.82) is 0 Å². The molecule has 4 amide bonds. The van der Waals surface area contributed by atoms with Crippen molar-refractivity contribution < 1.29 is 38.6 Å². The number of fused-ring (bicyclic) bond motifs is 3. The normalized spacial score (nSPS) is 15.8. The summed E-state index contributed by atoms with van der Waals surface area (Å²) in [4.78, 5) is 66.7. The number of hydrogen-bond donors (Lipinski definition) is 4. The van der Waals surface area contributed by atoms with E-state index in [9.17, 15) is 29.1 Å². The smallest absolute Gasteiger partial charge is 0.407 e. The van der Waals surface area contributed by atoms with E-state index in [1.807, 2.05) is 62.4 Å². The highest BCUT2D eigenvalue weighted by Crippen LogP contribution is 2.44. The zero-order chi connectivity index (χ0) is 35.0. The van der Waals surface area contributed by atoms with Crippen LogP contribution in [0, 0.1) is 11.8 Å². The van der Waals surface area contributed by atoms with Gasteiger partial charge in [0.25, 0.3) is 0 Å². The van der Waals surface area contributed by atoms with E-state index in [1.54, 1.807) is 19.9 Å². The standard InChI is InChI=1S/C36H46N4O8/c1-21(2)17-29(34(44)40-16-10-11-23(18-40)35(45)47-5)37-32(42)30(19-41)38-33(43)31(22(3)4)39-36(46)48-20-28-26-14-8-6-12-24(26)25-13-7-9-15-27(25)28/h6-9,11-15,21-22,28-31,41H,10,16-20H2,1-5H3,(H,37,42)(H,38,43)(H,39,46)/t29-,30-,31-/m0/s1. The Morgan fingerprint density at radius 1 is 0.875 bits per heavy atom. The summed E-state index contributed by atoms with van der Waals surface area (Å²) in [5.74, 6) is -2.88. The van der Waals surface area contributed by atoms with Crippen LogP contribution in [0.3, 0.4) is 0 Å². The molecule has 2 aromatic carbocycles. The van der Waals surface area contributed by atoms with Crippen molar-refractivity contribution in [3.63, 3.8) is 0 Å². The fourth-order valence-corrected chi connectivity index (χ4v) is 6.15. The zero-order valence-electron chi connectivity index (χ0n) is 28.2. The van der Waals surface area contributed by atoms with Gasteiger partial charge in [0.2, 0.25) is 17.7 Å². The van der Waals surface area contributed by atoms with Crippen LogP contribution in [0.2, 0.25) is 0 Å². The number of methoxy groups -OCH3 is 1. The molecule has 0 spiro atoms. The Bertz CT molecular complexity index is 1490. The van der Waals surface area contributed by atoms with E-state index in [1.165, 1.54) is 12.0 Å². The molecule has 48 heavy (non-hydrogen) atoms. The molecule has 3 atom stereocenters. The number of ether oxygens (including phenoxy) is 2. The van der Waals surface area contributed by atoms with E-state index in [4.69, 9.17) is 9.47 Å². The molecule has 4 N–H and O–H groups in total. The number of rotatable bonds is 13. The van der Waals surface area contributed by atoms with Crippen molar-refractivity contribution in [3.8, 4) is 11.1 Å². The van der Waals surface area contributed by atoms with E-state index in [0.717, 1.165) is 22.3 Å². The molecular weight excluding hydrogens is 616 g/mol. The third-order valence-corrected chi connectivity index (χ3v) is 8.61. The summed E-state index contributed by atoms with van der Waals surface area (Å²) < 4.78 is 10.4. The quantitative estimate of drug-likeness (QED) is 0.238. The Morgan fingerprint density at radius 2 is 1.48 bits per heavy atom. The predicted molar refractivity (Wildman–Crippen MR) is 179 cm³/mol.